The first-order valence-electron chi connectivity index (χ1n) is 9.68. The standard InChI is InChI=1S/C10H12N4O2.C10H19N/c1-6(12)8(4-11)14-9-5-13-3-2-7(9)10(15)16;1-2-4-9-11(8-3-1)10-6-5-7-10/h2-5,11,14H,12H2,1H3,(H,15,16);10H,1-9H2/b8-6+,11-4?;. The fourth-order valence-corrected chi connectivity index (χ4v) is 3.29. The monoisotopic (exact) mass is 373 g/mol. The molecular weight excluding hydrogens is 342 g/mol. The van der Waals surface area contributed by atoms with Gasteiger partial charge in [0.05, 0.1) is 23.1 Å². The molecule has 2 fully saturated rings. The highest BCUT2D eigenvalue weighted by Gasteiger charge is 2.24. The van der Waals surface area contributed by atoms with Gasteiger partial charge in [0, 0.05) is 24.2 Å². The Hall–Kier alpha value is -2.41. The summed E-state index contributed by atoms with van der Waals surface area (Å²) >= 11 is 0. The number of nitrogens with one attached hydrogen (secondary N) is 2. The zero-order valence-corrected chi connectivity index (χ0v) is 16.1. The van der Waals surface area contributed by atoms with Crippen LogP contribution in [0.25, 0.3) is 0 Å². The van der Waals surface area contributed by atoms with Crippen molar-refractivity contribution >= 4 is 17.9 Å². The number of likely N-dealkylation sites (tertiary alicyclic amines) is 1. The Labute approximate surface area is 161 Å². The van der Waals surface area contributed by atoms with E-state index in [4.69, 9.17) is 16.2 Å². The largest absolute Gasteiger partial charge is 0.478 e. The average Bonchev–Trinajstić information content (AvgIpc) is 2.88. The highest BCUT2D eigenvalue weighted by Crippen LogP contribution is 2.26. The quantitative estimate of drug-likeness (QED) is 0.588. The minimum atomic E-state index is -1.07. The van der Waals surface area contributed by atoms with E-state index in [-0.39, 0.29) is 5.56 Å². The Morgan fingerprint density at radius 3 is 2.44 bits per heavy atom. The molecule has 2 heterocycles. The summed E-state index contributed by atoms with van der Waals surface area (Å²) in [6, 6.07) is 2.37. The second-order valence-electron chi connectivity index (χ2n) is 7.13. The number of anilines is 1. The molecule has 0 aromatic carbocycles. The zero-order chi connectivity index (χ0) is 19.6. The summed E-state index contributed by atoms with van der Waals surface area (Å²) in [5, 5.41) is 18.8. The number of carboxylic acid groups (broad SMARTS) is 1. The molecule has 5 N–H and O–H groups in total. The van der Waals surface area contributed by atoms with Crippen LogP contribution in [0.3, 0.4) is 0 Å². The third kappa shape index (κ3) is 6.36. The second kappa shape index (κ2) is 10.7. The molecule has 1 aromatic heterocycles. The van der Waals surface area contributed by atoms with Gasteiger partial charge in [-0.3, -0.25) is 4.98 Å². The lowest BCUT2D eigenvalue weighted by Crippen LogP contribution is -2.40. The molecule has 7 nitrogen and oxygen atoms in total. The van der Waals surface area contributed by atoms with E-state index in [2.05, 4.69) is 15.2 Å². The Morgan fingerprint density at radius 1 is 1.30 bits per heavy atom. The van der Waals surface area contributed by atoms with Crippen LogP contribution in [0.5, 0.6) is 0 Å². The van der Waals surface area contributed by atoms with Crippen LogP contribution < -0.4 is 11.1 Å². The van der Waals surface area contributed by atoms with E-state index >= 15 is 0 Å². The predicted molar refractivity (Wildman–Crippen MR) is 108 cm³/mol. The van der Waals surface area contributed by atoms with E-state index in [9.17, 15) is 4.79 Å². The number of hydrogen-bond acceptors (Lipinski definition) is 6. The lowest BCUT2D eigenvalue weighted by molar-refractivity contribution is 0.0698. The lowest BCUT2D eigenvalue weighted by Gasteiger charge is -2.36. The average molecular weight is 374 g/mol. The van der Waals surface area contributed by atoms with Crippen molar-refractivity contribution in [2.45, 2.75) is 57.9 Å². The van der Waals surface area contributed by atoms with Crippen LogP contribution in [0.15, 0.2) is 29.9 Å². The van der Waals surface area contributed by atoms with Crippen molar-refractivity contribution in [3.63, 3.8) is 0 Å². The molecule has 0 spiro atoms. The molecule has 0 amide bonds. The van der Waals surface area contributed by atoms with Gasteiger partial charge >= 0.3 is 5.97 Å². The van der Waals surface area contributed by atoms with Crippen LogP contribution in [0.2, 0.25) is 0 Å². The fraction of sp³-hybridized carbons (Fsp3) is 0.550. The molecule has 0 bridgehead atoms. The number of nitrogens with zero attached hydrogens (tertiary/aromatic N) is 2. The molecule has 148 valence electrons. The van der Waals surface area contributed by atoms with E-state index in [0.29, 0.717) is 17.1 Å². The lowest BCUT2D eigenvalue weighted by atomic mass is 9.91. The molecule has 1 aliphatic carbocycles. The van der Waals surface area contributed by atoms with Crippen molar-refractivity contribution in [3.8, 4) is 0 Å². The number of pyridine rings is 1. The number of rotatable bonds is 5. The normalized spacial score (nSPS) is 18.9. The molecule has 1 saturated heterocycles. The first kappa shape index (κ1) is 20.9. The van der Waals surface area contributed by atoms with Gasteiger partial charge in [-0.15, -0.1) is 0 Å². The minimum absolute atomic E-state index is 0.0793. The maximum Gasteiger partial charge on any atom is 0.337 e. The van der Waals surface area contributed by atoms with E-state index in [1.807, 2.05) is 0 Å². The van der Waals surface area contributed by atoms with Gasteiger partial charge in [0.1, 0.15) is 0 Å². The molecule has 27 heavy (non-hydrogen) atoms. The van der Waals surface area contributed by atoms with E-state index in [1.165, 1.54) is 76.5 Å². The first-order chi connectivity index (χ1) is 13.0. The molecule has 3 rings (SSSR count). The molecule has 0 radical (unpaired) electrons. The maximum absolute atomic E-state index is 10.9. The summed E-state index contributed by atoms with van der Waals surface area (Å²) in [5.41, 5.74) is 6.64. The number of aromatic nitrogens is 1. The van der Waals surface area contributed by atoms with Crippen LogP contribution in [0, 0.1) is 5.41 Å². The summed E-state index contributed by atoms with van der Waals surface area (Å²) in [5.74, 6) is -1.07. The van der Waals surface area contributed by atoms with Gasteiger partial charge in [0.25, 0.3) is 0 Å². The Bertz CT molecular complexity index is 658. The van der Waals surface area contributed by atoms with Crippen LogP contribution in [0.4, 0.5) is 5.69 Å². The molecule has 0 unspecified atom stereocenters. The Kier molecular flexibility index (Phi) is 8.26. The maximum atomic E-state index is 10.9. The number of aromatic carboxylic acids is 1. The van der Waals surface area contributed by atoms with Crippen LogP contribution in [0.1, 0.15) is 62.2 Å². The smallest absolute Gasteiger partial charge is 0.337 e. The summed E-state index contributed by atoms with van der Waals surface area (Å²) < 4.78 is 0. The van der Waals surface area contributed by atoms with Crippen molar-refractivity contribution in [1.82, 2.24) is 9.88 Å². The SMILES string of the molecule is C/C(N)=C(/C=N)Nc1cnccc1C(=O)O.C1CCCN(C2CCC2)CC1. The fourth-order valence-electron chi connectivity index (χ4n) is 3.29. The number of hydrogen-bond donors (Lipinski definition) is 4. The van der Waals surface area contributed by atoms with Gasteiger partial charge in [0.2, 0.25) is 0 Å². The topological polar surface area (TPSA) is 115 Å². The summed E-state index contributed by atoms with van der Waals surface area (Å²) in [6.45, 7) is 4.40. The molecule has 2 aliphatic rings. The minimum Gasteiger partial charge on any atom is -0.478 e. The number of carboxylic acids is 1. The summed E-state index contributed by atoms with van der Waals surface area (Å²) in [4.78, 5) is 17.4. The number of carbonyl (C=O) groups is 1. The number of allylic oxidation sites excluding steroid dienone is 2. The van der Waals surface area contributed by atoms with Crippen molar-refractivity contribution in [2.24, 2.45) is 5.73 Å². The van der Waals surface area contributed by atoms with Crippen molar-refractivity contribution in [2.75, 3.05) is 18.4 Å². The second-order valence-corrected chi connectivity index (χ2v) is 7.13. The van der Waals surface area contributed by atoms with Gasteiger partial charge in [0.15, 0.2) is 0 Å². The van der Waals surface area contributed by atoms with Gasteiger partial charge in [-0.25, -0.2) is 4.79 Å². The summed E-state index contributed by atoms with van der Waals surface area (Å²) in [6.07, 6.45) is 14.1. The van der Waals surface area contributed by atoms with Gasteiger partial charge in [-0.2, -0.15) is 0 Å². The molecule has 7 heteroatoms. The Morgan fingerprint density at radius 2 is 1.96 bits per heavy atom. The van der Waals surface area contributed by atoms with Gasteiger partial charge in [-0.05, 0) is 51.8 Å². The van der Waals surface area contributed by atoms with Crippen molar-refractivity contribution in [1.29, 1.82) is 5.41 Å². The van der Waals surface area contributed by atoms with Gasteiger partial charge < -0.3 is 26.5 Å². The van der Waals surface area contributed by atoms with E-state index in [0.717, 1.165) is 12.3 Å². The van der Waals surface area contributed by atoms with Crippen LogP contribution in [-0.2, 0) is 0 Å². The highest BCUT2D eigenvalue weighted by atomic mass is 16.4. The van der Waals surface area contributed by atoms with Crippen LogP contribution >= 0.6 is 0 Å². The molecule has 1 aromatic rings. The molecule has 0 atom stereocenters. The first-order valence-corrected chi connectivity index (χ1v) is 9.68. The Balaban J connectivity index is 0.000000206. The zero-order valence-electron chi connectivity index (χ0n) is 16.1. The summed E-state index contributed by atoms with van der Waals surface area (Å²) in [7, 11) is 0. The third-order valence-corrected chi connectivity index (χ3v) is 5.12. The predicted octanol–water partition coefficient (Wildman–Crippen LogP) is 3.45. The third-order valence-electron chi connectivity index (χ3n) is 5.12. The van der Waals surface area contributed by atoms with Gasteiger partial charge in [-0.1, -0.05) is 19.3 Å². The molecule has 1 aliphatic heterocycles. The highest BCUT2D eigenvalue weighted by molar-refractivity contribution is 5.95. The van der Waals surface area contributed by atoms with Crippen molar-refractivity contribution < 1.29 is 9.90 Å². The van der Waals surface area contributed by atoms with E-state index in [1.54, 1.807) is 6.92 Å². The van der Waals surface area contributed by atoms with Crippen LogP contribution in [-0.4, -0.2) is 46.3 Å². The number of nitrogens with two attached hydrogens (primary N) is 1. The van der Waals surface area contributed by atoms with E-state index < -0.39 is 5.97 Å². The van der Waals surface area contributed by atoms with Crippen molar-refractivity contribution in [3.05, 3.63) is 35.4 Å². The molecular formula is C20H31N5O2. The molecule has 1 saturated carbocycles.